The van der Waals surface area contributed by atoms with Gasteiger partial charge < -0.3 is 10.5 Å². The number of ether oxygens (including phenoxy) is 1. The van der Waals surface area contributed by atoms with Crippen LogP contribution >= 0.6 is 0 Å². The molecule has 0 aromatic rings. The lowest BCUT2D eigenvalue weighted by Gasteiger charge is -1.95. The van der Waals surface area contributed by atoms with E-state index < -0.39 is 0 Å². The van der Waals surface area contributed by atoms with Gasteiger partial charge in [0.25, 0.3) is 0 Å². The zero-order chi connectivity index (χ0) is 6.53. The van der Waals surface area contributed by atoms with Crippen molar-refractivity contribution < 1.29 is 4.74 Å². The van der Waals surface area contributed by atoms with Crippen LogP contribution in [0.4, 0.5) is 0 Å². The third-order valence-corrected chi connectivity index (χ3v) is 1.51. The van der Waals surface area contributed by atoms with Crippen molar-refractivity contribution in [2.45, 2.75) is 6.42 Å². The molecule has 1 fully saturated rings. The predicted octanol–water partition coefficient (Wildman–Crippen LogP) is 0.538. The summed E-state index contributed by atoms with van der Waals surface area (Å²) in [6.45, 7) is 2.45. The first-order chi connectivity index (χ1) is 4.43. The monoisotopic (exact) mass is 127 g/mol. The van der Waals surface area contributed by atoms with Crippen LogP contribution in [0.25, 0.3) is 0 Å². The van der Waals surface area contributed by atoms with Crippen LogP contribution in [0.2, 0.25) is 0 Å². The second-order valence-corrected chi connectivity index (χ2v) is 2.29. The minimum atomic E-state index is 0.633. The second kappa shape index (κ2) is 3.64. The van der Waals surface area contributed by atoms with Gasteiger partial charge in [-0.05, 0) is 6.42 Å². The van der Waals surface area contributed by atoms with E-state index in [4.69, 9.17) is 10.5 Å². The Morgan fingerprint density at radius 1 is 1.67 bits per heavy atom. The molecule has 0 aromatic carbocycles. The standard InChI is InChI=1S/C7H13NO/c8-4-1-2-7-3-5-9-6-7/h1-2,7H,3-6,8H2. The zero-order valence-corrected chi connectivity index (χ0v) is 5.55. The Labute approximate surface area is 55.7 Å². The Hall–Kier alpha value is -0.340. The van der Waals surface area contributed by atoms with Crippen LogP contribution in [-0.4, -0.2) is 19.8 Å². The molecule has 2 heteroatoms. The lowest BCUT2D eigenvalue weighted by molar-refractivity contribution is 0.191. The second-order valence-electron chi connectivity index (χ2n) is 2.29. The molecule has 0 aliphatic carbocycles. The summed E-state index contributed by atoms with van der Waals surface area (Å²) < 4.78 is 5.16. The molecule has 1 rings (SSSR count). The Bertz CT molecular complexity index is 95.1. The van der Waals surface area contributed by atoms with Gasteiger partial charge in [-0.3, -0.25) is 0 Å². The quantitative estimate of drug-likeness (QED) is 0.549. The highest BCUT2D eigenvalue weighted by Crippen LogP contribution is 2.12. The summed E-state index contributed by atoms with van der Waals surface area (Å²) in [7, 11) is 0. The van der Waals surface area contributed by atoms with Gasteiger partial charge in [0.1, 0.15) is 0 Å². The fraction of sp³-hybridized carbons (Fsp3) is 0.714. The van der Waals surface area contributed by atoms with E-state index >= 15 is 0 Å². The highest BCUT2D eigenvalue weighted by atomic mass is 16.5. The van der Waals surface area contributed by atoms with E-state index in [9.17, 15) is 0 Å². The van der Waals surface area contributed by atoms with Crippen molar-refractivity contribution in [3.8, 4) is 0 Å². The van der Waals surface area contributed by atoms with E-state index in [1.165, 1.54) is 0 Å². The molecule has 1 saturated heterocycles. The van der Waals surface area contributed by atoms with Crippen LogP contribution < -0.4 is 5.73 Å². The van der Waals surface area contributed by atoms with Crippen LogP contribution in [0.3, 0.4) is 0 Å². The fourth-order valence-corrected chi connectivity index (χ4v) is 0.976. The van der Waals surface area contributed by atoms with Gasteiger partial charge in [0, 0.05) is 19.1 Å². The van der Waals surface area contributed by atoms with Crippen LogP contribution in [0.15, 0.2) is 12.2 Å². The first kappa shape index (κ1) is 6.78. The molecule has 2 nitrogen and oxygen atoms in total. The van der Waals surface area contributed by atoms with Gasteiger partial charge in [-0.25, -0.2) is 0 Å². The van der Waals surface area contributed by atoms with Crippen molar-refractivity contribution >= 4 is 0 Å². The third-order valence-electron chi connectivity index (χ3n) is 1.51. The largest absolute Gasteiger partial charge is 0.381 e. The predicted molar refractivity (Wildman–Crippen MR) is 37.1 cm³/mol. The Morgan fingerprint density at radius 2 is 2.56 bits per heavy atom. The molecule has 1 heterocycles. The Morgan fingerprint density at radius 3 is 3.11 bits per heavy atom. The first-order valence-corrected chi connectivity index (χ1v) is 3.38. The summed E-state index contributed by atoms with van der Waals surface area (Å²) >= 11 is 0. The van der Waals surface area contributed by atoms with Crippen molar-refractivity contribution in [1.29, 1.82) is 0 Å². The zero-order valence-electron chi connectivity index (χ0n) is 5.55. The van der Waals surface area contributed by atoms with Gasteiger partial charge in [0.2, 0.25) is 0 Å². The number of rotatable bonds is 2. The molecule has 1 atom stereocenters. The average molecular weight is 127 g/mol. The maximum Gasteiger partial charge on any atom is 0.0529 e. The molecule has 0 radical (unpaired) electrons. The SMILES string of the molecule is NCC=CC1CCOC1. The molecule has 0 bridgehead atoms. The summed E-state index contributed by atoms with van der Waals surface area (Å²) in [6.07, 6.45) is 5.31. The van der Waals surface area contributed by atoms with Gasteiger partial charge in [-0.15, -0.1) is 0 Å². The van der Waals surface area contributed by atoms with E-state index in [0.29, 0.717) is 12.5 Å². The minimum absolute atomic E-state index is 0.633. The van der Waals surface area contributed by atoms with Crippen molar-refractivity contribution in [2.75, 3.05) is 19.8 Å². The molecule has 0 saturated carbocycles. The number of hydrogen-bond donors (Lipinski definition) is 1. The third kappa shape index (κ3) is 2.16. The lowest BCUT2D eigenvalue weighted by atomic mass is 10.1. The van der Waals surface area contributed by atoms with Crippen LogP contribution in [0.1, 0.15) is 6.42 Å². The van der Waals surface area contributed by atoms with Crippen molar-refractivity contribution in [2.24, 2.45) is 11.7 Å². The minimum Gasteiger partial charge on any atom is -0.381 e. The molecule has 0 amide bonds. The maximum absolute atomic E-state index is 5.28. The van der Waals surface area contributed by atoms with E-state index in [1.807, 2.05) is 6.08 Å². The smallest absolute Gasteiger partial charge is 0.0529 e. The van der Waals surface area contributed by atoms with Gasteiger partial charge >= 0.3 is 0 Å². The number of hydrogen-bond acceptors (Lipinski definition) is 2. The van der Waals surface area contributed by atoms with E-state index in [-0.39, 0.29) is 0 Å². The Balaban J connectivity index is 2.18. The molecule has 1 unspecified atom stereocenters. The van der Waals surface area contributed by atoms with Crippen LogP contribution in [-0.2, 0) is 4.74 Å². The van der Waals surface area contributed by atoms with E-state index in [0.717, 1.165) is 19.6 Å². The lowest BCUT2D eigenvalue weighted by Crippen LogP contribution is -1.97. The van der Waals surface area contributed by atoms with Crippen molar-refractivity contribution in [3.63, 3.8) is 0 Å². The molecule has 1 aliphatic heterocycles. The summed E-state index contributed by atoms with van der Waals surface area (Å²) in [5.74, 6) is 0.633. The topological polar surface area (TPSA) is 35.2 Å². The van der Waals surface area contributed by atoms with E-state index in [1.54, 1.807) is 0 Å². The normalized spacial score (nSPS) is 27.9. The van der Waals surface area contributed by atoms with Gasteiger partial charge in [0.05, 0.1) is 6.61 Å². The van der Waals surface area contributed by atoms with Gasteiger partial charge in [-0.1, -0.05) is 12.2 Å². The summed E-state index contributed by atoms with van der Waals surface area (Å²) in [5.41, 5.74) is 5.28. The van der Waals surface area contributed by atoms with Crippen molar-refractivity contribution in [3.05, 3.63) is 12.2 Å². The maximum atomic E-state index is 5.28. The highest BCUT2D eigenvalue weighted by Gasteiger charge is 2.10. The Kier molecular flexibility index (Phi) is 2.74. The average Bonchev–Trinajstić information content (AvgIpc) is 2.34. The van der Waals surface area contributed by atoms with Crippen LogP contribution in [0, 0.1) is 5.92 Å². The molecule has 9 heavy (non-hydrogen) atoms. The number of nitrogens with two attached hydrogens (primary N) is 1. The molecule has 52 valence electrons. The molecule has 0 aromatic heterocycles. The van der Waals surface area contributed by atoms with Crippen LogP contribution in [0.5, 0.6) is 0 Å². The van der Waals surface area contributed by atoms with Gasteiger partial charge in [0.15, 0.2) is 0 Å². The summed E-state index contributed by atoms with van der Waals surface area (Å²) in [5, 5.41) is 0. The van der Waals surface area contributed by atoms with Crippen molar-refractivity contribution in [1.82, 2.24) is 0 Å². The van der Waals surface area contributed by atoms with E-state index in [2.05, 4.69) is 6.08 Å². The fourth-order valence-electron chi connectivity index (χ4n) is 0.976. The molecule has 1 aliphatic rings. The molecular formula is C7H13NO. The molecular weight excluding hydrogens is 114 g/mol. The first-order valence-electron chi connectivity index (χ1n) is 3.38. The molecule has 0 spiro atoms. The highest BCUT2D eigenvalue weighted by molar-refractivity contribution is 4.90. The van der Waals surface area contributed by atoms with Gasteiger partial charge in [-0.2, -0.15) is 0 Å². The summed E-state index contributed by atoms with van der Waals surface area (Å²) in [4.78, 5) is 0. The molecule has 2 N–H and O–H groups in total. The summed E-state index contributed by atoms with van der Waals surface area (Å²) in [6, 6.07) is 0.